The van der Waals surface area contributed by atoms with Crippen LogP contribution >= 0.6 is 0 Å². The third kappa shape index (κ3) is 2.66. The maximum atomic E-state index is 5.61. The molecule has 0 radical (unpaired) electrons. The first-order valence-corrected chi connectivity index (χ1v) is 6.84. The summed E-state index contributed by atoms with van der Waals surface area (Å²) in [6.07, 6.45) is 2.70. The second-order valence-electron chi connectivity index (χ2n) is 4.92. The summed E-state index contributed by atoms with van der Waals surface area (Å²) in [5.41, 5.74) is -0.443. The first kappa shape index (κ1) is 14.4. The van der Waals surface area contributed by atoms with Crippen molar-refractivity contribution >= 4 is 0 Å². The average Bonchev–Trinajstić information content (AvgIpc) is 3.10. The van der Waals surface area contributed by atoms with Crippen molar-refractivity contribution in [1.82, 2.24) is 15.5 Å². The molecule has 19 heavy (non-hydrogen) atoms. The fourth-order valence-corrected chi connectivity index (χ4v) is 2.58. The summed E-state index contributed by atoms with van der Waals surface area (Å²) in [7, 11) is 3.41. The molecule has 1 aliphatic rings. The van der Waals surface area contributed by atoms with Gasteiger partial charge in [0.2, 0.25) is 11.7 Å². The number of nitrogens with one attached hydrogen (secondary N) is 1. The van der Waals surface area contributed by atoms with Crippen LogP contribution in [-0.2, 0) is 15.1 Å². The van der Waals surface area contributed by atoms with Gasteiger partial charge in [-0.1, -0.05) is 19.0 Å². The van der Waals surface area contributed by atoms with E-state index in [1.807, 2.05) is 0 Å². The molecule has 1 fully saturated rings. The van der Waals surface area contributed by atoms with E-state index in [1.165, 1.54) is 0 Å². The van der Waals surface area contributed by atoms with E-state index in [2.05, 4.69) is 29.3 Å². The lowest BCUT2D eigenvalue weighted by molar-refractivity contribution is -0.0306. The minimum absolute atomic E-state index is 0.0782. The fraction of sp³-hybridized carbons (Fsp3) is 0.846. The van der Waals surface area contributed by atoms with Gasteiger partial charge < -0.3 is 19.3 Å². The van der Waals surface area contributed by atoms with Gasteiger partial charge in [0.1, 0.15) is 5.60 Å². The van der Waals surface area contributed by atoms with Crippen molar-refractivity contribution in [2.75, 3.05) is 20.8 Å². The monoisotopic (exact) mass is 269 g/mol. The first-order valence-electron chi connectivity index (χ1n) is 6.84. The van der Waals surface area contributed by atoms with Crippen LogP contribution in [0.3, 0.4) is 0 Å². The van der Waals surface area contributed by atoms with Crippen LogP contribution in [0.25, 0.3) is 0 Å². The molecule has 1 N–H and O–H groups in total. The van der Waals surface area contributed by atoms with Crippen molar-refractivity contribution in [3.8, 4) is 0 Å². The molecule has 2 rings (SSSR count). The highest BCUT2D eigenvalue weighted by Gasteiger charge is 2.36. The highest BCUT2D eigenvalue weighted by Crippen LogP contribution is 2.32. The van der Waals surface area contributed by atoms with Gasteiger partial charge in [-0.15, -0.1) is 0 Å². The number of methoxy groups -OCH3 is 2. The smallest absolute Gasteiger partial charge is 0.243 e. The molecule has 0 amide bonds. The van der Waals surface area contributed by atoms with Gasteiger partial charge >= 0.3 is 0 Å². The third-order valence-corrected chi connectivity index (χ3v) is 4.10. The predicted octanol–water partition coefficient (Wildman–Crippen LogP) is 1.78. The molecule has 1 aromatic heterocycles. The topological polar surface area (TPSA) is 69.4 Å². The quantitative estimate of drug-likeness (QED) is 0.849. The van der Waals surface area contributed by atoms with Crippen LogP contribution in [0.2, 0.25) is 0 Å². The minimum Gasteiger partial charge on any atom is -0.380 e. The van der Waals surface area contributed by atoms with Gasteiger partial charge in [-0.2, -0.15) is 4.98 Å². The van der Waals surface area contributed by atoms with Gasteiger partial charge in [0.15, 0.2) is 0 Å². The molecule has 2 heterocycles. The SMILES string of the molecule is CCC(CC)(OC)c1noc([C@H]2C[C@H](OC)CN2)n1. The zero-order chi connectivity index (χ0) is 13.9. The third-order valence-electron chi connectivity index (χ3n) is 4.10. The van der Waals surface area contributed by atoms with E-state index >= 15 is 0 Å². The molecule has 2 atom stereocenters. The summed E-state index contributed by atoms with van der Waals surface area (Å²) in [5.74, 6) is 1.26. The van der Waals surface area contributed by atoms with Crippen LogP contribution in [-0.4, -0.2) is 37.0 Å². The standard InChI is InChI=1S/C13H23N3O3/c1-5-13(6-2,18-4)12-15-11(19-16-12)10-7-9(17-3)8-14-10/h9-10,14H,5-8H2,1-4H3/t9-,10+/m0/s1. The average molecular weight is 269 g/mol. The zero-order valence-corrected chi connectivity index (χ0v) is 12.1. The van der Waals surface area contributed by atoms with Crippen LogP contribution in [0.5, 0.6) is 0 Å². The molecule has 0 saturated carbocycles. The van der Waals surface area contributed by atoms with Crippen molar-refractivity contribution in [2.45, 2.75) is 50.9 Å². The number of hydrogen-bond acceptors (Lipinski definition) is 6. The Morgan fingerprint density at radius 2 is 2.11 bits per heavy atom. The number of hydrogen-bond donors (Lipinski definition) is 1. The van der Waals surface area contributed by atoms with E-state index in [4.69, 9.17) is 14.0 Å². The molecule has 108 valence electrons. The summed E-state index contributed by atoms with van der Waals surface area (Å²) in [5, 5.41) is 7.44. The van der Waals surface area contributed by atoms with Crippen LogP contribution in [0.1, 0.15) is 50.9 Å². The predicted molar refractivity (Wildman–Crippen MR) is 69.7 cm³/mol. The lowest BCUT2D eigenvalue weighted by atomic mass is 9.96. The van der Waals surface area contributed by atoms with Crippen LogP contribution in [0, 0.1) is 0 Å². The second kappa shape index (κ2) is 5.98. The summed E-state index contributed by atoms with van der Waals surface area (Å²) < 4.78 is 16.3. The Kier molecular flexibility index (Phi) is 4.54. The molecule has 1 aliphatic heterocycles. The van der Waals surface area contributed by atoms with E-state index in [1.54, 1.807) is 14.2 Å². The molecule has 0 bridgehead atoms. The van der Waals surface area contributed by atoms with Crippen molar-refractivity contribution in [3.63, 3.8) is 0 Å². The Morgan fingerprint density at radius 3 is 2.63 bits per heavy atom. The molecular weight excluding hydrogens is 246 g/mol. The lowest BCUT2D eigenvalue weighted by Gasteiger charge is -2.25. The van der Waals surface area contributed by atoms with E-state index in [0.717, 1.165) is 25.8 Å². The summed E-state index contributed by atoms with van der Waals surface area (Å²) in [4.78, 5) is 4.53. The van der Waals surface area contributed by atoms with Crippen LogP contribution in [0.4, 0.5) is 0 Å². The minimum atomic E-state index is -0.443. The molecule has 6 nitrogen and oxygen atoms in total. The fourth-order valence-electron chi connectivity index (χ4n) is 2.58. The highest BCUT2D eigenvalue weighted by molar-refractivity contribution is 5.04. The van der Waals surface area contributed by atoms with Crippen molar-refractivity contribution in [3.05, 3.63) is 11.7 Å². The van der Waals surface area contributed by atoms with Gasteiger partial charge in [-0.25, -0.2) is 0 Å². The number of aromatic nitrogens is 2. The van der Waals surface area contributed by atoms with E-state index < -0.39 is 5.60 Å². The molecule has 1 saturated heterocycles. The van der Waals surface area contributed by atoms with E-state index in [-0.39, 0.29) is 12.1 Å². The Bertz CT molecular complexity index is 395. The molecule has 0 aromatic carbocycles. The molecule has 0 spiro atoms. The number of rotatable bonds is 6. The molecule has 0 unspecified atom stereocenters. The number of ether oxygens (including phenoxy) is 2. The normalized spacial score (nSPS) is 24.0. The van der Waals surface area contributed by atoms with Gasteiger partial charge in [-0.05, 0) is 19.3 Å². The zero-order valence-electron chi connectivity index (χ0n) is 12.1. The van der Waals surface area contributed by atoms with Crippen molar-refractivity contribution in [2.24, 2.45) is 0 Å². The van der Waals surface area contributed by atoms with Gasteiger partial charge in [0, 0.05) is 20.8 Å². The lowest BCUT2D eigenvalue weighted by Crippen LogP contribution is -2.28. The maximum absolute atomic E-state index is 5.61. The molecular formula is C13H23N3O3. The second-order valence-corrected chi connectivity index (χ2v) is 4.92. The largest absolute Gasteiger partial charge is 0.380 e. The summed E-state index contributed by atoms with van der Waals surface area (Å²) >= 11 is 0. The molecule has 6 heteroatoms. The Labute approximate surface area is 113 Å². The van der Waals surface area contributed by atoms with Crippen LogP contribution < -0.4 is 5.32 Å². The first-order chi connectivity index (χ1) is 9.19. The van der Waals surface area contributed by atoms with E-state index in [0.29, 0.717) is 11.7 Å². The molecule has 1 aromatic rings. The van der Waals surface area contributed by atoms with Crippen molar-refractivity contribution < 1.29 is 14.0 Å². The van der Waals surface area contributed by atoms with Gasteiger partial charge in [0.25, 0.3) is 0 Å². The van der Waals surface area contributed by atoms with Crippen LogP contribution in [0.15, 0.2) is 4.52 Å². The summed E-state index contributed by atoms with van der Waals surface area (Å²) in [6.45, 7) is 4.95. The summed E-state index contributed by atoms with van der Waals surface area (Å²) in [6, 6.07) is 0.0782. The van der Waals surface area contributed by atoms with E-state index in [9.17, 15) is 0 Å². The Hall–Kier alpha value is -0.980. The Balaban J connectivity index is 2.15. The highest BCUT2D eigenvalue weighted by atomic mass is 16.5. The Morgan fingerprint density at radius 1 is 1.37 bits per heavy atom. The maximum Gasteiger partial charge on any atom is 0.243 e. The molecule has 0 aliphatic carbocycles. The van der Waals surface area contributed by atoms with Crippen molar-refractivity contribution in [1.29, 1.82) is 0 Å². The van der Waals surface area contributed by atoms with Gasteiger partial charge in [-0.3, -0.25) is 0 Å². The number of nitrogens with zero attached hydrogens (tertiary/aromatic N) is 2. The van der Waals surface area contributed by atoms with Gasteiger partial charge in [0.05, 0.1) is 12.1 Å².